The monoisotopic (exact) mass is 328 g/mol. The van der Waals surface area contributed by atoms with Gasteiger partial charge < -0.3 is 14.4 Å². The van der Waals surface area contributed by atoms with E-state index in [-0.39, 0.29) is 11.7 Å². The molecule has 1 fully saturated rings. The second-order valence-electron chi connectivity index (χ2n) is 5.30. The molecule has 2 heterocycles. The van der Waals surface area contributed by atoms with Crippen LogP contribution in [-0.4, -0.2) is 41.7 Å². The molecule has 0 bridgehead atoms. The van der Waals surface area contributed by atoms with Gasteiger partial charge in [-0.2, -0.15) is 4.98 Å². The molecule has 1 saturated heterocycles. The Morgan fingerprint density at radius 2 is 2.32 bits per heavy atom. The normalized spacial score (nSPS) is 22.3. The van der Waals surface area contributed by atoms with Crippen molar-refractivity contribution in [3.8, 4) is 5.88 Å². The van der Waals surface area contributed by atoms with Gasteiger partial charge in [0.1, 0.15) is 5.82 Å². The first kappa shape index (κ1) is 14.6. The highest BCUT2D eigenvalue weighted by Gasteiger charge is 2.33. The quantitative estimate of drug-likeness (QED) is 0.796. The number of pyridine rings is 1. The van der Waals surface area contributed by atoms with Crippen LogP contribution in [-0.2, 0) is 4.74 Å². The first-order chi connectivity index (χ1) is 9.04. The molecule has 1 aromatic rings. The van der Waals surface area contributed by atoms with Gasteiger partial charge in [0, 0.05) is 24.5 Å². The third kappa shape index (κ3) is 3.83. The second-order valence-corrected chi connectivity index (χ2v) is 5.95. The Bertz CT molecular complexity index is 426. The van der Waals surface area contributed by atoms with E-state index in [2.05, 4.69) is 39.7 Å². The highest BCUT2D eigenvalue weighted by Crippen LogP contribution is 2.26. The lowest BCUT2D eigenvalue weighted by Crippen LogP contribution is -2.53. The molecular formula is C14H21BrN2O2. The summed E-state index contributed by atoms with van der Waals surface area (Å²) >= 11 is 3.51. The van der Waals surface area contributed by atoms with Crippen molar-refractivity contribution in [3.05, 3.63) is 18.2 Å². The fourth-order valence-electron chi connectivity index (χ4n) is 2.36. The van der Waals surface area contributed by atoms with Crippen LogP contribution >= 0.6 is 15.9 Å². The maximum Gasteiger partial charge on any atom is 0.215 e. The zero-order valence-electron chi connectivity index (χ0n) is 11.7. The van der Waals surface area contributed by atoms with E-state index in [0.717, 1.165) is 24.2 Å². The molecule has 4 nitrogen and oxygen atoms in total. The molecule has 106 valence electrons. The number of morpholine rings is 1. The van der Waals surface area contributed by atoms with Gasteiger partial charge in [-0.1, -0.05) is 22.0 Å². The Morgan fingerprint density at radius 3 is 3.00 bits per heavy atom. The predicted octanol–water partition coefficient (Wildman–Crippen LogP) is 2.86. The summed E-state index contributed by atoms with van der Waals surface area (Å²) in [5.41, 5.74) is -0.167. The predicted molar refractivity (Wildman–Crippen MR) is 80.4 cm³/mol. The summed E-state index contributed by atoms with van der Waals surface area (Å²) in [5.74, 6) is 1.63. The number of nitrogens with zero attached hydrogens (tertiary/aromatic N) is 2. The van der Waals surface area contributed by atoms with Crippen LogP contribution in [0.3, 0.4) is 0 Å². The largest absolute Gasteiger partial charge is 0.478 e. The maximum absolute atomic E-state index is 6.00. The first-order valence-electron chi connectivity index (χ1n) is 6.62. The third-order valence-corrected chi connectivity index (χ3v) is 3.70. The summed E-state index contributed by atoms with van der Waals surface area (Å²) in [7, 11) is 0. The summed E-state index contributed by atoms with van der Waals surface area (Å²) < 4.78 is 11.5. The zero-order chi connectivity index (χ0) is 13.9. The Kier molecular flexibility index (Phi) is 4.68. The molecule has 1 aliphatic rings. The third-order valence-electron chi connectivity index (χ3n) is 2.98. The molecule has 0 saturated carbocycles. The number of hydrogen-bond donors (Lipinski definition) is 0. The van der Waals surface area contributed by atoms with Crippen LogP contribution in [0.4, 0.5) is 5.82 Å². The lowest BCUT2D eigenvalue weighted by atomic mass is 10.1. The summed E-state index contributed by atoms with van der Waals surface area (Å²) in [6.07, 6.45) is 0.182. The number of alkyl halides is 1. The van der Waals surface area contributed by atoms with Crippen LogP contribution in [0.25, 0.3) is 0 Å². The smallest absolute Gasteiger partial charge is 0.215 e. The van der Waals surface area contributed by atoms with Gasteiger partial charge in [-0.25, -0.2) is 0 Å². The van der Waals surface area contributed by atoms with Crippen molar-refractivity contribution in [1.82, 2.24) is 4.98 Å². The zero-order valence-corrected chi connectivity index (χ0v) is 13.3. The van der Waals surface area contributed by atoms with Crippen molar-refractivity contribution in [2.75, 3.05) is 29.9 Å². The Morgan fingerprint density at radius 1 is 1.53 bits per heavy atom. The standard InChI is InChI=1S/C14H21BrN2O2/c1-4-18-13-7-5-6-12(16-13)17-9-11(8-15)19-14(2,3)10-17/h5-7,11H,4,8-10H2,1-3H3. The van der Waals surface area contributed by atoms with Gasteiger partial charge in [0.15, 0.2) is 0 Å². The van der Waals surface area contributed by atoms with E-state index in [1.54, 1.807) is 0 Å². The van der Waals surface area contributed by atoms with Gasteiger partial charge in [0.25, 0.3) is 0 Å². The summed E-state index contributed by atoms with van der Waals surface area (Å²) in [4.78, 5) is 6.82. The Labute approximate surface area is 123 Å². The number of halogens is 1. The fourth-order valence-corrected chi connectivity index (χ4v) is 2.70. The molecule has 5 heteroatoms. The van der Waals surface area contributed by atoms with Crippen LogP contribution in [0, 0.1) is 0 Å². The molecule has 0 radical (unpaired) electrons. The van der Waals surface area contributed by atoms with Gasteiger partial charge in [-0.05, 0) is 26.8 Å². The molecule has 0 aromatic carbocycles. The SMILES string of the molecule is CCOc1cccc(N2CC(CBr)OC(C)(C)C2)n1. The van der Waals surface area contributed by atoms with Crippen molar-refractivity contribution in [1.29, 1.82) is 0 Å². The van der Waals surface area contributed by atoms with Gasteiger partial charge in [0.05, 0.1) is 18.3 Å². The number of anilines is 1. The van der Waals surface area contributed by atoms with Crippen LogP contribution < -0.4 is 9.64 Å². The van der Waals surface area contributed by atoms with E-state index in [4.69, 9.17) is 9.47 Å². The molecule has 1 aromatic heterocycles. The maximum atomic E-state index is 6.00. The molecule has 2 rings (SSSR count). The minimum Gasteiger partial charge on any atom is -0.478 e. The van der Waals surface area contributed by atoms with E-state index in [1.165, 1.54) is 0 Å². The highest BCUT2D eigenvalue weighted by atomic mass is 79.9. The van der Waals surface area contributed by atoms with Crippen LogP contribution in [0.1, 0.15) is 20.8 Å². The van der Waals surface area contributed by atoms with Gasteiger partial charge in [-0.15, -0.1) is 0 Å². The van der Waals surface area contributed by atoms with Gasteiger partial charge in [0.2, 0.25) is 5.88 Å². The summed E-state index contributed by atoms with van der Waals surface area (Å²) in [5, 5.41) is 0.831. The molecule has 1 aliphatic heterocycles. The molecule has 0 spiro atoms. The van der Waals surface area contributed by atoms with Crippen molar-refractivity contribution in [2.24, 2.45) is 0 Å². The lowest BCUT2D eigenvalue weighted by Gasteiger charge is -2.43. The van der Waals surface area contributed by atoms with Gasteiger partial charge >= 0.3 is 0 Å². The minimum atomic E-state index is -0.167. The molecule has 0 amide bonds. The average Bonchev–Trinajstić information content (AvgIpc) is 2.37. The molecular weight excluding hydrogens is 308 g/mol. The van der Waals surface area contributed by atoms with E-state index in [1.807, 2.05) is 25.1 Å². The Balaban J connectivity index is 2.17. The molecule has 0 aliphatic carbocycles. The van der Waals surface area contributed by atoms with E-state index < -0.39 is 0 Å². The topological polar surface area (TPSA) is 34.6 Å². The van der Waals surface area contributed by atoms with Gasteiger partial charge in [-0.3, -0.25) is 0 Å². The first-order valence-corrected chi connectivity index (χ1v) is 7.75. The van der Waals surface area contributed by atoms with E-state index >= 15 is 0 Å². The number of rotatable bonds is 4. The summed E-state index contributed by atoms with van der Waals surface area (Å²) in [6.45, 7) is 8.50. The van der Waals surface area contributed by atoms with Crippen molar-refractivity contribution in [2.45, 2.75) is 32.5 Å². The number of ether oxygens (including phenoxy) is 2. The number of aromatic nitrogens is 1. The van der Waals surface area contributed by atoms with E-state index in [9.17, 15) is 0 Å². The van der Waals surface area contributed by atoms with Crippen molar-refractivity contribution < 1.29 is 9.47 Å². The molecule has 0 N–H and O–H groups in total. The molecule has 19 heavy (non-hydrogen) atoms. The van der Waals surface area contributed by atoms with Crippen LogP contribution in [0.15, 0.2) is 18.2 Å². The van der Waals surface area contributed by atoms with E-state index in [0.29, 0.717) is 12.5 Å². The second kappa shape index (κ2) is 6.09. The average molecular weight is 329 g/mol. The van der Waals surface area contributed by atoms with Crippen molar-refractivity contribution >= 4 is 21.7 Å². The molecule has 1 atom stereocenters. The summed E-state index contributed by atoms with van der Waals surface area (Å²) in [6, 6.07) is 5.90. The molecule has 1 unspecified atom stereocenters. The Hall–Kier alpha value is -0.810. The lowest BCUT2D eigenvalue weighted by molar-refractivity contribution is -0.0726. The van der Waals surface area contributed by atoms with Crippen molar-refractivity contribution in [3.63, 3.8) is 0 Å². The van der Waals surface area contributed by atoms with Crippen LogP contribution in [0.5, 0.6) is 5.88 Å². The fraction of sp³-hybridized carbons (Fsp3) is 0.643. The highest BCUT2D eigenvalue weighted by molar-refractivity contribution is 9.09. The minimum absolute atomic E-state index is 0.167. The van der Waals surface area contributed by atoms with Crippen LogP contribution in [0.2, 0.25) is 0 Å². The number of hydrogen-bond acceptors (Lipinski definition) is 4.